The molecule has 0 radical (unpaired) electrons. The van der Waals surface area contributed by atoms with E-state index >= 15 is 0 Å². The summed E-state index contributed by atoms with van der Waals surface area (Å²) in [5.74, 6) is 0.135. The summed E-state index contributed by atoms with van der Waals surface area (Å²) in [6.45, 7) is 0.340. The van der Waals surface area contributed by atoms with E-state index in [1.807, 2.05) is 36.5 Å². The lowest BCUT2D eigenvalue weighted by Crippen LogP contribution is -2.25. The molecule has 9 heteroatoms. The number of hydrogen-bond donors (Lipinski definition) is 2. The van der Waals surface area contributed by atoms with Gasteiger partial charge in [0.05, 0.1) is 23.4 Å². The lowest BCUT2D eigenvalue weighted by Gasteiger charge is -2.09. The number of carbonyl (C=O) groups excluding carboxylic acids is 1. The molecule has 4 rings (SSSR count). The normalized spacial score (nSPS) is 11.4. The Balaban J connectivity index is 1.38. The van der Waals surface area contributed by atoms with Gasteiger partial charge in [-0.15, -0.1) is 0 Å². The Morgan fingerprint density at radius 2 is 1.84 bits per heavy atom. The van der Waals surface area contributed by atoms with Crippen molar-refractivity contribution in [1.29, 1.82) is 0 Å². The van der Waals surface area contributed by atoms with Crippen molar-refractivity contribution in [3.63, 3.8) is 0 Å². The van der Waals surface area contributed by atoms with E-state index in [0.29, 0.717) is 12.3 Å². The molecule has 2 aromatic carbocycles. The maximum Gasteiger partial charge on any atom is 0.251 e. The SMILES string of the molecule is O=C(NCc1ccc(-n2cccn2)cc1)c1cccc(S(=O)(=O)NCc2ccco2)c1. The molecule has 2 N–H and O–H groups in total. The highest BCUT2D eigenvalue weighted by Crippen LogP contribution is 2.13. The largest absolute Gasteiger partial charge is 0.468 e. The summed E-state index contributed by atoms with van der Waals surface area (Å²) in [4.78, 5) is 12.5. The molecule has 4 aromatic rings. The molecule has 1 amide bonds. The summed E-state index contributed by atoms with van der Waals surface area (Å²) in [5.41, 5.74) is 2.09. The summed E-state index contributed by atoms with van der Waals surface area (Å²) in [5, 5.41) is 6.98. The highest BCUT2D eigenvalue weighted by atomic mass is 32.2. The summed E-state index contributed by atoms with van der Waals surface area (Å²) in [7, 11) is -3.78. The standard InChI is InChI=1S/C22H20N4O4S/c27-22(23-15-17-7-9-19(10-8-17)26-12-3-11-24-26)18-4-1-6-21(14-18)31(28,29)25-16-20-5-2-13-30-20/h1-14,25H,15-16H2,(H,23,27). The number of amides is 1. The van der Waals surface area contributed by atoms with Crippen molar-refractivity contribution in [2.45, 2.75) is 18.0 Å². The third-order valence-corrected chi connectivity index (χ3v) is 5.98. The lowest BCUT2D eigenvalue weighted by molar-refractivity contribution is 0.0950. The second-order valence-electron chi connectivity index (χ2n) is 6.73. The summed E-state index contributed by atoms with van der Waals surface area (Å²) in [6, 6.07) is 18.7. The van der Waals surface area contributed by atoms with Gasteiger partial charge in [0.1, 0.15) is 5.76 Å². The van der Waals surface area contributed by atoms with Gasteiger partial charge in [-0.25, -0.2) is 17.8 Å². The number of carbonyl (C=O) groups is 1. The minimum Gasteiger partial charge on any atom is -0.468 e. The number of benzene rings is 2. The summed E-state index contributed by atoms with van der Waals surface area (Å²) in [6.07, 6.45) is 5.02. The number of nitrogens with one attached hydrogen (secondary N) is 2. The van der Waals surface area contributed by atoms with E-state index < -0.39 is 10.0 Å². The molecule has 0 aliphatic carbocycles. The number of sulfonamides is 1. The molecule has 0 bridgehead atoms. The average molecular weight is 436 g/mol. The number of nitrogens with zero attached hydrogens (tertiary/aromatic N) is 2. The molecule has 0 unspecified atom stereocenters. The van der Waals surface area contributed by atoms with Crippen LogP contribution in [0.4, 0.5) is 0 Å². The third-order valence-electron chi connectivity index (χ3n) is 4.58. The van der Waals surface area contributed by atoms with Crippen LogP contribution in [0.5, 0.6) is 0 Å². The van der Waals surface area contributed by atoms with E-state index in [0.717, 1.165) is 11.3 Å². The summed E-state index contributed by atoms with van der Waals surface area (Å²) < 4.78 is 34.4. The molecular weight excluding hydrogens is 416 g/mol. The fourth-order valence-corrected chi connectivity index (χ4v) is 3.98. The fraction of sp³-hybridized carbons (Fsp3) is 0.0909. The zero-order chi connectivity index (χ0) is 21.7. The van der Waals surface area contributed by atoms with Crippen LogP contribution in [0.2, 0.25) is 0 Å². The highest BCUT2D eigenvalue weighted by Gasteiger charge is 2.16. The van der Waals surface area contributed by atoms with Gasteiger partial charge in [-0.2, -0.15) is 5.10 Å². The van der Waals surface area contributed by atoms with Crippen molar-refractivity contribution >= 4 is 15.9 Å². The van der Waals surface area contributed by atoms with Crippen LogP contribution >= 0.6 is 0 Å². The van der Waals surface area contributed by atoms with Gasteiger partial charge < -0.3 is 9.73 Å². The van der Waals surface area contributed by atoms with E-state index in [-0.39, 0.29) is 22.9 Å². The van der Waals surface area contributed by atoms with Crippen LogP contribution in [0.3, 0.4) is 0 Å². The zero-order valence-corrected chi connectivity index (χ0v) is 17.2. The molecule has 0 aliphatic heterocycles. The van der Waals surface area contributed by atoms with Crippen molar-refractivity contribution in [1.82, 2.24) is 19.8 Å². The van der Waals surface area contributed by atoms with E-state index in [2.05, 4.69) is 15.1 Å². The topological polar surface area (TPSA) is 106 Å². The Kier molecular flexibility index (Phi) is 5.96. The molecule has 2 heterocycles. The van der Waals surface area contributed by atoms with Crippen molar-refractivity contribution < 1.29 is 17.6 Å². The van der Waals surface area contributed by atoms with Crippen molar-refractivity contribution in [2.24, 2.45) is 0 Å². The van der Waals surface area contributed by atoms with Gasteiger partial charge in [-0.05, 0) is 54.1 Å². The van der Waals surface area contributed by atoms with Gasteiger partial charge in [0.15, 0.2) is 0 Å². The fourth-order valence-electron chi connectivity index (χ4n) is 2.94. The van der Waals surface area contributed by atoms with Crippen molar-refractivity contribution in [3.8, 4) is 5.69 Å². The highest BCUT2D eigenvalue weighted by molar-refractivity contribution is 7.89. The van der Waals surface area contributed by atoms with Gasteiger partial charge in [0.25, 0.3) is 5.91 Å². The second-order valence-corrected chi connectivity index (χ2v) is 8.50. The predicted molar refractivity (Wildman–Crippen MR) is 114 cm³/mol. The Morgan fingerprint density at radius 3 is 2.55 bits per heavy atom. The molecule has 0 spiro atoms. The second kappa shape index (κ2) is 8.99. The van der Waals surface area contributed by atoms with Gasteiger partial charge in [-0.3, -0.25) is 4.79 Å². The van der Waals surface area contributed by atoms with Crippen LogP contribution in [0.15, 0.2) is 94.7 Å². The third kappa shape index (κ3) is 5.08. The Labute approximate surface area is 179 Å². The van der Waals surface area contributed by atoms with Crippen LogP contribution in [0.1, 0.15) is 21.7 Å². The van der Waals surface area contributed by atoms with E-state index in [1.165, 1.54) is 24.5 Å². The summed E-state index contributed by atoms with van der Waals surface area (Å²) >= 11 is 0. The first-order valence-electron chi connectivity index (χ1n) is 9.50. The van der Waals surface area contributed by atoms with Crippen LogP contribution in [-0.2, 0) is 23.1 Å². The molecule has 0 saturated heterocycles. The first-order valence-corrected chi connectivity index (χ1v) is 11.0. The van der Waals surface area contributed by atoms with E-state index in [1.54, 1.807) is 29.1 Å². The molecule has 0 aliphatic rings. The first-order chi connectivity index (χ1) is 15.0. The molecule has 2 aromatic heterocycles. The zero-order valence-electron chi connectivity index (χ0n) is 16.4. The monoisotopic (exact) mass is 436 g/mol. The van der Waals surface area contributed by atoms with Crippen LogP contribution in [-0.4, -0.2) is 24.1 Å². The maximum atomic E-state index is 12.5. The minimum atomic E-state index is -3.78. The molecule has 158 valence electrons. The van der Waals surface area contributed by atoms with Gasteiger partial charge >= 0.3 is 0 Å². The Bertz CT molecular complexity index is 1250. The minimum absolute atomic E-state index is 0.00952. The number of aromatic nitrogens is 2. The van der Waals surface area contributed by atoms with E-state index in [4.69, 9.17) is 4.42 Å². The Morgan fingerprint density at radius 1 is 1.00 bits per heavy atom. The van der Waals surface area contributed by atoms with Crippen LogP contribution in [0.25, 0.3) is 5.69 Å². The average Bonchev–Trinajstić information content (AvgIpc) is 3.51. The Hall–Kier alpha value is -3.69. The maximum absolute atomic E-state index is 12.5. The smallest absolute Gasteiger partial charge is 0.251 e. The molecular formula is C22H20N4O4S. The molecule has 0 saturated carbocycles. The van der Waals surface area contributed by atoms with Gasteiger partial charge in [0.2, 0.25) is 10.0 Å². The van der Waals surface area contributed by atoms with E-state index in [9.17, 15) is 13.2 Å². The number of rotatable bonds is 8. The van der Waals surface area contributed by atoms with Crippen molar-refractivity contribution in [3.05, 3.63) is 102 Å². The van der Waals surface area contributed by atoms with Crippen molar-refractivity contribution in [2.75, 3.05) is 0 Å². The van der Waals surface area contributed by atoms with Gasteiger partial charge in [0, 0.05) is 24.5 Å². The molecule has 0 atom stereocenters. The van der Waals surface area contributed by atoms with Crippen LogP contribution in [0, 0.1) is 0 Å². The molecule has 0 fully saturated rings. The van der Waals surface area contributed by atoms with Gasteiger partial charge in [-0.1, -0.05) is 18.2 Å². The quantitative estimate of drug-likeness (QED) is 0.442. The lowest BCUT2D eigenvalue weighted by atomic mass is 10.2. The number of hydrogen-bond acceptors (Lipinski definition) is 5. The predicted octanol–water partition coefficient (Wildman–Crippen LogP) is 2.87. The number of furan rings is 1. The molecule has 8 nitrogen and oxygen atoms in total. The first kappa shape index (κ1) is 20.6. The van der Waals surface area contributed by atoms with Crippen LogP contribution < -0.4 is 10.0 Å². The molecule has 31 heavy (non-hydrogen) atoms.